The van der Waals surface area contributed by atoms with E-state index < -0.39 is 16.0 Å². The third kappa shape index (κ3) is 4.89. The van der Waals surface area contributed by atoms with E-state index >= 15 is 0 Å². The first-order valence-electron chi connectivity index (χ1n) is 8.68. The van der Waals surface area contributed by atoms with Crippen LogP contribution in [0.15, 0.2) is 36.4 Å². The molecule has 7 nitrogen and oxygen atoms in total. The Bertz CT molecular complexity index is 1020. The quantitative estimate of drug-likeness (QED) is 0.747. The molecule has 0 aliphatic heterocycles. The lowest BCUT2D eigenvalue weighted by Gasteiger charge is -2.19. The van der Waals surface area contributed by atoms with Crippen LogP contribution in [0.4, 0.5) is 11.4 Å². The van der Waals surface area contributed by atoms with Crippen LogP contribution in [0.25, 0.3) is 0 Å². The summed E-state index contributed by atoms with van der Waals surface area (Å²) in [5.41, 5.74) is 3.18. The monoisotopic (exact) mass is 404 g/mol. The second-order valence-corrected chi connectivity index (χ2v) is 8.45. The van der Waals surface area contributed by atoms with Gasteiger partial charge in [-0.25, -0.2) is 13.2 Å². The number of esters is 1. The Labute approximate surface area is 165 Å². The van der Waals surface area contributed by atoms with Gasteiger partial charge in [-0.1, -0.05) is 6.07 Å². The van der Waals surface area contributed by atoms with E-state index in [1.165, 1.54) is 7.05 Å². The molecule has 8 heteroatoms. The van der Waals surface area contributed by atoms with Gasteiger partial charge in [-0.05, 0) is 62.2 Å². The van der Waals surface area contributed by atoms with E-state index in [2.05, 4.69) is 5.32 Å². The van der Waals surface area contributed by atoms with Crippen molar-refractivity contribution in [3.63, 3.8) is 0 Å². The zero-order valence-electron chi connectivity index (χ0n) is 16.6. The number of nitrogens with zero attached hydrogens (tertiary/aromatic N) is 1. The maximum atomic E-state index is 12.6. The standard InChI is InChI=1S/C20H24N2O5S/c1-6-27-20(24)16-8-7-13(2)17(12-16)21-19(23)15-9-10-18(14(3)11-15)22(4)28(5,25)26/h7-12H,6H2,1-5H3,(H,21,23). The number of amides is 1. The molecule has 0 saturated heterocycles. The molecule has 0 unspecified atom stereocenters. The molecule has 0 aromatic heterocycles. The number of sulfonamides is 1. The summed E-state index contributed by atoms with van der Waals surface area (Å²) in [5, 5.41) is 2.79. The van der Waals surface area contributed by atoms with E-state index in [1.807, 2.05) is 6.92 Å². The lowest BCUT2D eigenvalue weighted by Crippen LogP contribution is -2.25. The first-order valence-corrected chi connectivity index (χ1v) is 10.5. The van der Waals surface area contributed by atoms with Gasteiger partial charge in [0.05, 0.1) is 24.1 Å². The van der Waals surface area contributed by atoms with Crippen LogP contribution in [0, 0.1) is 13.8 Å². The molecule has 0 saturated carbocycles. The van der Waals surface area contributed by atoms with Crippen molar-refractivity contribution >= 4 is 33.3 Å². The molecule has 0 bridgehead atoms. The van der Waals surface area contributed by atoms with E-state index in [0.717, 1.165) is 16.1 Å². The van der Waals surface area contributed by atoms with Gasteiger partial charge in [0.15, 0.2) is 0 Å². The number of anilines is 2. The molecule has 28 heavy (non-hydrogen) atoms. The average molecular weight is 404 g/mol. The molecule has 2 aromatic carbocycles. The summed E-state index contributed by atoms with van der Waals surface area (Å²) in [4.78, 5) is 24.5. The van der Waals surface area contributed by atoms with E-state index in [4.69, 9.17) is 4.74 Å². The normalized spacial score (nSPS) is 11.0. The fraction of sp³-hybridized carbons (Fsp3) is 0.300. The number of nitrogens with one attached hydrogen (secondary N) is 1. The van der Waals surface area contributed by atoms with Crippen LogP contribution in [0.3, 0.4) is 0 Å². The fourth-order valence-corrected chi connectivity index (χ4v) is 3.18. The molecule has 0 atom stereocenters. The number of hydrogen-bond acceptors (Lipinski definition) is 5. The minimum Gasteiger partial charge on any atom is -0.462 e. The van der Waals surface area contributed by atoms with E-state index in [-0.39, 0.29) is 12.5 Å². The first-order chi connectivity index (χ1) is 13.0. The summed E-state index contributed by atoms with van der Waals surface area (Å²) < 4.78 is 29.6. The molecule has 2 rings (SSSR count). The SMILES string of the molecule is CCOC(=O)c1ccc(C)c(NC(=O)c2ccc(N(C)S(C)(=O)=O)c(C)c2)c1. The Morgan fingerprint density at radius 3 is 2.25 bits per heavy atom. The van der Waals surface area contributed by atoms with Gasteiger partial charge in [-0.2, -0.15) is 0 Å². The summed E-state index contributed by atoms with van der Waals surface area (Å²) in [7, 11) is -1.93. The summed E-state index contributed by atoms with van der Waals surface area (Å²) in [6.45, 7) is 5.55. The smallest absolute Gasteiger partial charge is 0.338 e. The highest BCUT2D eigenvalue weighted by Gasteiger charge is 2.17. The van der Waals surface area contributed by atoms with Crippen molar-refractivity contribution < 1.29 is 22.7 Å². The Balaban J connectivity index is 2.27. The van der Waals surface area contributed by atoms with Crippen molar-refractivity contribution in [2.24, 2.45) is 0 Å². The van der Waals surface area contributed by atoms with Gasteiger partial charge in [-0.3, -0.25) is 9.10 Å². The predicted molar refractivity (Wildman–Crippen MR) is 110 cm³/mol. The summed E-state index contributed by atoms with van der Waals surface area (Å²) >= 11 is 0. The molecule has 0 aliphatic rings. The Kier molecular flexibility index (Phi) is 6.45. The Morgan fingerprint density at radius 1 is 1.04 bits per heavy atom. The van der Waals surface area contributed by atoms with Crippen LogP contribution in [-0.2, 0) is 14.8 Å². The number of benzene rings is 2. The maximum Gasteiger partial charge on any atom is 0.338 e. The maximum absolute atomic E-state index is 12.6. The molecule has 1 N–H and O–H groups in total. The molecular weight excluding hydrogens is 380 g/mol. The molecule has 0 heterocycles. The number of ether oxygens (including phenoxy) is 1. The van der Waals surface area contributed by atoms with Gasteiger partial charge in [0.25, 0.3) is 5.91 Å². The zero-order chi connectivity index (χ0) is 21.1. The second-order valence-electron chi connectivity index (χ2n) is 6.44. The predicted octanol–water partition coefficient (Wildman–Crippen LogP) is 3.13. The highest BCUT2D eigenvalue weighted by Crippen LogP contribution is 2.24. The molecular formula is C20H24N2O5S. The molecule has 2 aromatic rings. The molecule has 0 radical (unpaired) electrons. The Hall–Kier alpha value is -2.87. The van der Waals surface area contributed by atoms with Gasteiger partial charge < -0.3 is 10.1 Å². The third-order valence-corrected chi connectivity index (χ3v) is 5.48. The van der Waals surface area contributed by atoms with Crippen molar-refractivity contribution in [2.75, 3.05) is 29.5 Å². The average Bonchev–Trinajstić information content (AvgIpc) is 2.62. The fourth-order valence-electron chi connectivity index (χ4n) is 2.62. The number of carbonyl (C=O) groups excluding carboxylic acids is 2. The van der Waals surface area contributed by atoms with Crippen molar-refractivity contribution in [1.29, 1.82) is 0 Å². The summed E-state index contributed by atoms with van der Waals surface area (Å²) in [6.07, 6.45) is 1.12. The minimum atomic E-state index is -3.39. The highest BCUT2D eigenvalue weighted by molar-refractivity contribution is 7.92. The van der Waals surface area contributed by atoms with Crippen LogP contribution in [0.1, 0.15) is 38.8 Å². The molecule has 0 fully saturated rings. The van der Waals surface area contributed by atoms with Crippen LogP contribution < -0.4 is 9.62 Å². The number of rotatable bonds is 6. The van der Waals surface area contributed by atoms with Gasteiger partial charge in [0.2, 0.25) is 10.0 Å². The molecule has 1 amide bonds. The van der Waals surface area contributed by atoms with Gasteiger partial charge >= 0.3 is 5.97 Å². The van der Waals surface area contributed by atoms with E-state index in [9.17, 15) is 18.0 Å². The lowest BCUT2D eigenvalue weighted by molar-refractivity contribution is 0.0526. The van der Waals surface area contributed by atoms with Crippen molar-refractivity contribution in [1.82, 2.24) is 0 Å². The van der Waals surface area contributed by atoms with E-state index in [1.54, 1.807) is 50.2 Å². The highest BCUT2D eigenvalue weighted by atomic mass is 32.2. The van der Waals surface area contributed by atoms with Gasteiger partial charge in [-0.15, -0.1) is 0 Å². The molecule has 0 spiro atoms. The Morgan fingerprint density at radius 2 is 1.68 bits per heavy atom. The number of hydrogen-bond donors (Lipinski definition) is 1. The number of carbonyl (C=O) groups is 2. The lowest BCUT2D eigenvalue weighted by atomic mass is 10.1. The first kappa shape index (κ1) is 21.4. The van der Waals surface area contributed by atoms with Gasteiger partial charge in [0, 0.05) is 18.3 Å². The topological polar surface area (TPSA) is 92.8 Å². The van der Waals surface area contributed by atoms with E-state index in [0.29, 0.717) is 28.1 Å². The summed E-state index contributed by atoms with van der Waals surface area (Å²) in [5.74, 6) is -0.817. The minimum absolute atomic E-state index is 0.266. The molecule has 0 aliphatic carbocycles. The zero-order valence-corrected chi connectivity index (χ0v) is 17.4. The van der Waals surface area contributed by atoms with Crippen molar-refractivity contribution in [3.05, 3.63) is 58.7 Å². The van der Waals surface area contributed by atoms with Crippen LogP contribution >= 0.6 is 0 Å². The summed E-state index contributed by atoms with van der Waals surface area (Å²) in [6, 6.07) is 9.72. The number of aryl methyl sites for hydroxylation is 2. The van der Waals surface area contributed by atoms with Gasteiger partial charge in [0.1, 0.15) is 0 Å². The third-order valence-electron chi connectivity index (χ3n) is 4.29. The van der Waals surface area contributed by atoms with Crippen molar-refractivity contribution in [3.8, 4) is 0 Å². The van der Waals surface area contributed by atoms with Crippen molar-refractivity contribution in [2.45, 2.75) is 20.8 Å². The second kappa shape index (κ2) is 8.43. The molecule has 150 valence electrons. The van der Waals surface area contributed by atoms with Crippen LogP contribution in [0.2, 0.25) is 0 Å². The largest absolute Gasteiger partial charge is 0.462 e. The van der Waals surface area contributed by atoms with Crippen LogP contribution in [0.5, 0.6) is 0 Å². The van der Waals surface area contributed by atoms with Crippen LogP contribution in [-0.4, -0.2) is 40.2 Å².